The van der Waals surface area contributed by atoms with E-state index in [4.69, 9.17) is 23.2 Å². The summed E-state index contributed by atoms with van der Waals surface area (Å²) in [7, 11) is 0. The van der Waals surface area contributed by atoms with E-state index in [2.05, 4.69) is 43.9 Å². The number of rotatable bonds is 8. The normalized spacial score (nSPS) is 25.6. The van der Waals surface area contributed by atoms with Gasteiger partial charge in [-0.25, -0.2) is 0 Å². The van der Waals surface area contributed by atoms with Crippen molar-refractivity contribution in [3.63, 3.8) is 0 Å². The van der Waals surface area contributed by atoms with Gasteiger partial charge in [0.05, 0.1) is 12.0 Å². The van der Waals surface area contributed by atoms with E-state index >= 15 is 0 Å². The van der Waals surface area contributed by atoms with Crippen LogP contribution in [0.3, 0.4) is 0 Å². The molecule has 0 aromatic heterocycles. The molecule has 0 spiro atoms. The lowest BCUT2D eigenvalue weighted by molar-refractivity contribution is -0.142. The molecular weight excluding hydrogens is 469 g/mol. The van der Waals surface area contributed by atoms with Crippen molar-refractivity contribution in [3.05, 3.63) is 69.7 Å². The maximum absolute atomic E-state index is 11.9. The minimum absolute atomic E-state index is 0.00708. The van der Waals surface area contributed by atoms with E-state index in [1.54, 1.807) is 0 Å². The number of likely N-dealkylation sites (tertiary alicyclic amines) is 1. The molecule has 1 heterocycles. The van der Waals surface area contributed by atoms with Gasteiger partial charge in [0.15, 0.2) is 0 Å². The summed E-state index contributed by atoms with van der Waals surface area (Å²) in [4.78, 5) is 14.4. The van der Waals surface area contributed by atoms with Gasteiger partial charge in [0, 0.05) is 34.6 Å². The second-order valence-corrected chi connectivity index (χ2v) is 11.7. The summed E-state index contributed by atoms with van der Waals surface area (Å²) >= 11 is 12.6. The van der Waals surface area contributed by atoms with Crippen LogP contribution in [0.15, 0.2) is 48.5 Å². The quantitative estimate of drug-likeness (QED) is 0.398. The smallest absolute Gasteiger partial charge is 0.303 e. The van der Waals surface area contributed by atoms with Crippen LogP contribution in [0.2, 0.25) is 10.0 Å². The highest BCUT2D eigenvalue weighted by atomic mass is 35.5. The van der Waals surface area contributed by atoms with Crippen LogP contribution in [-0.4, -0.2) is 39.3 Å². The molecule has 3 rings (SSSR count). The zero-order valence-electron chi connectivity index (χ0n) is 20.8. The molecule has 186 valence electrons. The van der Waals surface area contributed by atoms with Crippen LogP contribution in [0.1, 0.15) is 77.0 Å². The van der Waals surface area contributed by atoms with Crippen molar-refractivity contribution < 1.29 is 15.0 Å². The van der Waals surface area contributed by atoms with Gasteiger partial charge in [0.2, 0.25) is 0 Å². The second kappa shape index (κ2) is 10.6. The predicted molar refractivity (Wildman–Crippen MR) is 140 cm³/mol. The van der Waals surface area contributed by atoms with E-state index in [1.165, 1.54) is 0 Å². The fourth-order valence-electron chi connectivity index (χ4n) is 5.76. The van der Waals surface area contributed by atoms with Gasteiger partial charge in [-0.1, -0.05) is 68.2 Å². The van der Waals surface area contributed by atoms with Gasteiger partial charge in [-0.15, -0.1) is 0 Å². The number of carboxylic acid groups (broad SMARTS) is 1. The number of nitrogens with zero attached hydrogens (tertiary/aromatic N) is 1. The first-order chi connectivity index (χ1) is 15.8. The fourth-order valence-corrected chi connectivity index (χ4v) is 6.09. The maximum Gasteiger partial charge on any atom is 0.303 e. The number of benzene rings is 2. The molecule has 0 aliphatic carbocycles. The van der Waals surface area contributed by atoms with Crippen molar-refractivity contribution in [3.8, 4) is 0 Å². The van der Waals surface area contributed by atoms with Gasteiger partial charge in [0.25, 0.3) is 0 Å². The van der Waals surface area contributed by atoms with Gasteiger partial charge in [0.1, 0.15) is 0 Å². The third-order valence-corrected chi connectivity index (χ3v) is 8.10. The number of carboxylic acids is 1. The van der Waals surface area contributed by atoms with E-state index in [-0.39, 0.29) is 30.3 Å². The highest BCUT2D eigenvalue weighted by molar-refractivity contribution is 6.30. The summed E-state index contributed by atoms with van der Waals surface area (Å²) in [6.45, 7) is 10.6. The molecule has 4 nitrogen and oxygen atoms in total. The molecule has 2 aromatic carbocycles. The van der Waals surface area contributed by atoms with Gasteiger partial charge in [-0.3, -0.25) is 9.69 Å². The number of aliphatic carboxylic acids is 1. The summed E-state index contributed by atoms with van der Waals surface area (Å²) in [6, 6.07) is 15.9. The Morgan fingerprint density at radius 3 is 2.32 bits per heavy atom. The molecule has 1 aliphatic heterocycles. The first-order valence-corrected chi connectivity index (χ1v) is 12.8. The molecule has 34 heavy (non-hydrogen) atoms. The van der Waals surface area contributed by atoms with E-state index in [1.807, 2.05) is 44.2 Å². The van der Waals surface area contributed by atoms with Crippen LogP contribution in [0, 0.1) is 11.3 Å². The van der Waals surface area contributed by atoms with Crippen LogP contribution in [-0.2, 0) is 4.79 Å². The molecule has 0 amide bonds. The molecule has 6 heteroatoms. The third kappa shape index (κ3) is 6.15. The Morgan fingerprint density at radius 2 is 1.79 bits per heavy atom. The fraction of sp³-hybridized carbons (Fsp3) is 0.536. The van der Waals surface area contributed by atoms with Gasteiger partial charge < -0.3 is 10.2 Å². The molecule has 0 bridgehead atoms. The van der Waals surface area contributed by atoms with E-state index in [0.29, 0.717) is 16.6 Å². The Morgan fingerprint density at radius 1 is 1.15 bits per heavy atom. The standard InChI is InChI=1S/C28H37Cl2NO3/c1-6-24(18(2)27(3,4)34)31-17-28(5,16-25(32)33)15-23(20-8-7-9-22(30)14-20)26(31)19-10-12-21(29)13-11-19/h7-14,18,23-24,26,34H,6,15-17H2,1-5H3,(H,32,33)/t18-,23+,24?,26+,28+/m0/s1. The van der Waals surface area contributed by atoms with Crippen molar-refractivity contribution in [1.82, 2.24) is 4.90 Å². The van der Waals surface area contributed by atoms with E-state index in [0.717, 1.165) is 24.0 Å². The maximum atomic E-state index is 11.9. The Kier molecular flexibility index (Phi) is 8.40. The number of halogens is 2. The molecule has 2 N–H and O–H groups in total. The Balaban J connectivity index is 2.21. The summed E-state index contributed by atoms with van der Waals surface area (Å²) < 4.78 is 0. The van der Waals surface area contributed by atoms with Crippen molar-refractivity contribution in [2.75, 3.05) is 6.54 Å². The number of hydrogen-bond acceptors (Lipinski definition) is 3. The summed E-state index contributed by atoms with van der Waals surface area (Å²) in [5.74, 6) is -0.790. The highest BCUT2D eigenvalue weighted by Gasteiger charge is 2.48. The largest absolute Gasteiger partial charge is 0.481 e. The third-order valence-electron chi connectivity index (χ3n) is 7.62. The topological polar surface area (TPSA) is 60.8 Å². The van der Waals surface area contributed by atoms with Gasteiger partial charge in [-0.2, -0.15) is 0 Å². The van der Waals surface area contributed by atoms with Crippen molar-refractivity contribution in [1.29, 1.82) is 0 Å². The molecule has 1 aliphatic rings. The first kappa shape index (κ1) is 27.0. The molecule has 1 unspecified atom stereocenters. The Bertz CT molecular complexity index is 988. The average Bonchev–Trinajstić information content (AvgIpc) is 2.73. The Hall–Kier alpha value is -1.59. The number of piperidine rings is 1. The SMILES string of the molecule is CCC([C@H](C)C(C)(C)O)N1C[C@@](C)(CC(=O)O)C[C@H](c2cccc(Cl)c2)[C@H]1c1ccc(Cl)cc1. The zero-order chi connectivity index (χ0) is 25.3. The Labute approximate surface area is 213 Å². The molecular formula is C28H37Cl2NO3. The van der Waals surface area contributed by atoms with Crippen LogP contribution >= 0.6 is 23.2 Å². The minimum atomic E-state index is -0.878. The lowest BCUT2D eigenvalue weighted by Gasteiger charge is -2.54. The lowest BCUT2D eigenvalue weighted by atomic mass is 9.66. The molecule has 0 radical (unpaired) electrons. The summed E-state index contributed by atoms with van der Waals surface area (Å²) in [5, 5.41) is 22.1. The van der Waals surface area contributed by atoms with Gasteiger partial charge >= 0.3 is 5.97 Å². The second-order valence-electron chi connectivity index (χ2n) is 10.8. The molecule has 1 fully saturated rings. The summed E-state index contributed by atoms with van der Waals surface area (Å²) in [5.41, 5.74) is 0.916. The number of hydrogen-bond donors (Lipinski definition) is 2. The van der Waals surface area contributed by atoms with Crippen LogP contribution < -0.4 is 0 Å². The molecule has 5 atom stereocenters. The lowest BCUT2D eigenvalue weighted by Crippen LogP contribution is -2.56. The minimum Gasteiger partial charge on any atom is -0.481 e. The molecule has 0 saturated carbocycles. The van der Waals surface area contributed by atoms with E-state index in [9.17, 15) is 15.0 Å². The van der Waals surface area contributed by atoms with Crippen LogP contribution in [0.5, 0.6) is 0 Å². The van der Waals surface area contributed by atoms with Crippen molar-refractivity contribution in [2.24, 2.45) is 11.3 Å². The van der Waals surface area contributed by atoms with Crippen molar-refractivity contribution >= 4 is 29.2 Å². The average molecular weight is 507 g/mol. The number of carbonyl (C=O) groups is 1. The highest BCUT2D eigenvalue weighted by Crippen LogP contribution is 2.52. The molecule has 2 aromatic rings. The van der Waals surface area contributed by atoms with Crippen LogP contribution in [0.25, 0.3) is 0 Å². The van der Waals surface area contributed by atoms with Gasteiger partial charge in [-0.05, 0) is 73.4 Å². The molecule has 1 saturated heterocycles. The first-order valence-electron chi connectivity index (χ1n) is 12.1. The van der Waals surface area contributed by atoms with Crippen molar-refractivity contribution in [2.45, 2.75) is 77.5 Å². The zero-order valence-corrected chi connectivity index (χ0v) is 22.3. The monoisotopic (exact) mass is 505 g/mol. The van der Waals surface area contributed by atoms with Crippen LogP contribution in [0.4, 0.5) is 0 Å². The number of aliphatic hydroxyl groups is 1. The summed E-state index contributed by atoms with van der Waals surface area (Å²) in [6.07, 6.45) is 1.64. The van der Waals surface area contributed by atoms with E-state index < -0.39 is 17.0 Å². The predicted octanol–water partition coefficient (Wildman–Crippen LogP) is 7.19.